The van der Waals surface area contributed by atoms with Crippen molar-refractivity contribution >= 4 is 21.9 Å². The van der Waals surface area contributed by atoms with E-state index < -0.39 is 27.9 Å². The fraction of sp³-hybridized carbons (Fsp3) is 0.500. The maximum absolute atomic E-state index is 12.0. The van der Waals surface area contributed by atoms with E-state index in [0.29, 0.717) is 0 Å². The van der Waals surface area contributed by atoms with E-state index in [0.717, 1.165) is 10.4 Å². The fourth-order valence-corrected chi connectivity index (χ4v) is 2.69. The maximum Gasteiger partial charge on any atom is 0.305 e. The molecule has 0 aliphatic heterocycles. The first-order valence-corrected chi connectivity index (χ1v) is 7.55. The quantitative estimate of drug-likeness (QED) is 0.785. The first-order chi connectivity index (χ1) is 9.55. The number of carboxylic acids is 1. The molecule has 0 aliphatic rings. The van der Waals surface area contributed by atoms with E-state index in [1.165, 1.54) is 27.9 Å². The molecule has 1 unspecified atom stereocenters. The number of rotatable bonds is 6. The van der Waals surface area contributed by atoms with Crippen LogP contribution in [-0.2, 0) is 14.8 Å². The van der Waals surface area contributed by atoms with Crippen molar-refractivity contribution in [2.45, 2.75) is 31.2 Å². The Morgan fingerprint density at radius 2 is 2.00 bits per heavy atom. The van der Waals surface area contributed by atoms with Crippen molar-refractivity contribution in [3.05, 3.63) is 17.6 Å². The van der Waals surface area contributed by atoms with E-state index in [1.54, 1.807) is 0 Å². The molecule has 118 valence electrons. The predicted octanol–water partition coefficient (Wildman–Crippen LogP) is 0.431. The molecule has 1 heterocycles. The summed E-state index contributed by atoms with van der Waals surface area (Å²) in [6, 6.07) is 0.530. The zero-order valence-electron chi connectivity index (χ0n) is 12.2. The average Bonchev–Trinajstić information content (AvgIpc) is 2.70. The van der Waals surface area contributed by atoms with Crippen LogP contribution in [0.2, 0.25) is 0 Å². The summed E-state index contributed by atoms with van der Waals surface area (Å²) < 4.78 is 30.2. The van der Waals surface area contributed by atoms with Crippen molar-refractivity contribution in [1.82, 2.24) is 9.62 Å². The van der Waals surface area contributed by atoms with Crippen molar-refractivity contribution in [3.63, 3.8) is 0 Å². The van der Waals surface area contributed by atoms with Crippen LogP contribution in [0, 0.1) is 6.92 Å². The SMILES string of the molecule is Cc1oc(C(=O)NC(C)CC(=O)O)cc1S(=O)(=O)N(C)C. The van der Waals surface area contributed by atoms with Gasteiger partial charge in [-0.1, -0.05) is 0 Å². The Morgan fingerprint density at radius 3 is 2.48 bits per heavy atom. The number of aliphatic carboxylic acids is 1. The van der Waals surface area contributed by atoms with Crippen LogP contribution in [0.5, 0.6) is 0 Å². The van der Waals surface area contributed by atoms with Crippen LogP contribution in [0.3, 0.4) is 0 Å². The second-order valence-corrected chi connectivity index (χ2v) is 6.91. The summed E-state index contributed by atoms with van der Waals surface area (Å²) in [4.78, 5) is 22.3. The van der Waals surface area contributed by atoms with E-state index in [-0.39, 0.29) is 22.8 Å². The van der Waals surface area contributed by atoms with Crippen LogP contribution in [0.4, 0.5) is 0 Å². The molecule has 0 saturated heterocycles. The summed E-state index contributed by atoms with van der Waals surface area (Å²) in [6.07, 6.45) is -0.242. The van der Waals surface area contributed by atoms with Gasteiger partial charge in [0.1, 0.15) is 10.7 Å². The second kappa shape index (κ2) is 6.27. The second-order valence-electron chi connectivity index (χ2n) is 4.79. The van der Waals surface area contributed by atoms with Gasteiger partial charge in [0.25, 0.3) is 5.91 Å². The highest BCUT2D eigenvalue weighted by atomic mass is 32.2. The van der Waals surface area contributed by atoms with Gasteiger partial charge in [-0.15, -0.1) is 0 Å². The molecule has 2 N–H and O–H groups in total. The Balaban J connectivity index is 2.97. The van der Waals surface area contributed by atoms with Gasteiger partial charge in [0, 0.05) is 26.2 Å². The highest BCUT2D eigenvalue weighted by Gasteiger charge is 2.26. The number of nitrogens with zero attached hydrogens (tertiary/aromatic N) is 1. The Morgan fingerprint density at radius 1 is 1.43 bits per heavy atom. The molecular weight excluding hydrogens is 300 g/mol. The molecule has 1 atom stereocenters. The molecule has 8 nitrogen and oxygen atoms in total. The minimum absolute atomic E-state index is 0.0939. The Kier molecular flexibility index (Phi) is 5.13. The summed E-state index contributed by atoms with van der Waals surface area (Å²) in [6.45, 7) is 2.97. The molecule has 0 fully saturated rings. The standard InChI is InChI=1S/C12H18N2O6S/c1-7(5-11(15)16)13-12(17)9-6-10(8(2)20-9)21(18,19)14(3)4/h6-7H,5H2,1-4H3,(H,13,17)(H,15,16). The molecule has 0 radical (unpaired) electrons. The molecule has 1 aromatic heterocycles. The monoisotopic (exact) mass is 318 g/mol. The highest BCUT2D eigenvalue weighted by Crippen LogP contribution is 2.22. The number of carbonyl (C=O) groups is 2. The van der Waals surface area contributed by atoms with Crippen molar-refractivity contribution in [3.8, 4) is 0 Å². The van der Waals surface area contributed by atoms with Gasteiger partial charge in [0.05, 0.1) is 6.42 Å². The van der Waals surface area contributed by atoms with E-state index in [1.807, 2.05) is 0 Å². The third-order valence-electron chi connectivity index (χ3n) is 2.71. The molecule has 0 saturated carbocycles. The Hall–Kier alpha value is -1.87. The van der Waals surface area contributed by atoms with Crippen LogP contribution in [-0.4, -0.2) is 49.8 Å². The topological polar surface area (TPSA) is 117 Å². The summed E-state index contributed by atoms with van der Waals surface area (Å²) >= 11 is 0. The lowest BCUT2D eigenvalue weighted by atomic mass is 10.2. The predicted molar refractivity (Wildman–Crippen MR) is 73.5 cm³/mol. The molecule has 21 heavy (non-hydrogen) atoms. The minimum atomic E-state index is -3.70. The molecule has 9 heteroatoms. The molecule has 0 aromatic carbocycles. The van der Waals surface area contributed by atoms with E-state index in [2.05, 4.69) is 5.32 Å². The van der Waals surface area contributed by atoms with Crippen LogP contribution in [0.25, 0.3) is 0 Å². The van der Waals surface area contributed by atoms with Crippen molar-refractivity contribution in [2.75, 3.05) is 14.1 Å². The summed E-state index contributed by atoms with van der Waals surface area (Å²) in [7, 11) is -0.959. The summed E-state index contributed by atoms with van der Waals surface area (Å²) in [5, 5.41) is 11.1. The first-order valence-electron chi connectivity index (χ1n) is 6.11. The smallest absolute Gasteiger partial charge is 0.305 e. The fourth-order valence-electron chi connectivity index (χ4n) is 1.64. The number of aryl methyl sites for hydroxylation is 1. The average molecular weight is 318 g/mol. The zero-order valence-corrected chi connectivity index (χ0v) is 13.0. The largest absolute Gasteiger partial charge is 0.481 e. The minimum Gasteiger partial charge on any atom is -0.481 e. The number of carbonyl (C=O) groups excluding carboxylic acids is 1. The third kappa shape index (κ3) is 4.05. The lowest BCUT2D eigenvalue weighted by Crippen LogP contribution is -2.34. The van der Waals surface area contributed by atoms with Crippen molar-refractivity contribution in [1.29, 1.82) is 0 Å². The molecule has 0 aliphatic carbocycles. The van der Waals surface area contributed by atoms with Gasteiger partial charge in [-0.3, -0.25) is 9.59 Å². The normalized spacial score (nSPS) is 13.2. The van der Waals surface area contributed by atoms with Crippen molar-refractivity contribution in [2.24, 2.45) is 0 Å². The van der Waals surface area contributed by atoms with E-state index >= 15 is 0 Å². The number of furan rings is 1. The molecule has 0 bridgehead atoms. The molecule has 1 rings (SSSR count). The summed E-state index contributed by atoms with van der Waals surface area (Å²) in [5.74, 6) is -1.79. The molecular formula is C12H18N2O6S. The van der Waals surface area contributed by atoms with Crippen LogP contribution < -0.4 is 5.32 Å². The van der Waals surface area contributed by atoms with Gasteiger partial charge in [-0.25, -0.2) is 12.7 Å². The number of carboxylic acid groups (broad SMARTS) is 1. The lowest BCUT2D eigenvalue weighted by molar-refractivity contribution is -0.137. The van der Waals surface area contributed by atoms with Gasteiger partial charge in [-0.2, -0.15) is 0 Å². The van der Waals surface area contributed by atoms with Crippen LogP contribution >= 0.6 is 0 Å². The van der Waals surface area contributed by atoms with Gasteiger partial charge < -0.3 is 14.8 Å². The molecule has 1 amide bonds. The molecule has 1 aromatic rings. The van der Waals surface area contributed by atoms with E-state index in [9.17, 15) is 18.0 Å². The summed E-state index contributed by atoms with van der Waals surface area (Å²) in [5.41, 5.74) is 0. The molecule has 0 spiro atoms. The number of hydrogen-bond donors (Lipinski definition) is 2. The van der Waals surface area contributed by atoms with Crippen LogP contribution in [0.15, 0.2) is 15.4 Å². The number of hydrogen-bond acceptors (Lipinski definition) is 5. The first kappa shape index (κ1) is 17.2. The van der Waals surface area contributed by atoms with Crippen LogP contribution in [0.1, 0.15) is 29.7 Å². The Bertz CT molecular complexity index is 647. The van der Waals surface area contributed by atoms with Gasteiger partial charge >= 0.3 is 5.97 Å². The zero-order chi connectivity index (χ0) is 16.4. The number of sulfonamides is 1. The van der Waals surface area contributed by atoms with Gasteiger partial charge in [0.2, 0.25) is 10.0 Å². The Labute approximate surface area is 122 Å². The number of nitrogens with one attached hydrogen (secondary N) is 1. The lowest BCUT2D eigenvalue weighted by Gasteiger charge is -2.09. The maximum atomic E-state index is 12.0. The van der Waals surface area contributed by atoms with Gasteiger partial charge in [-0.05, 0) is 13.8 Å². The number of amides is 1. The van der Waals surface area contributed by atoms with Gasteiger partial charge in [0.15, 0.2) is 5.76 Å². The van der Waals surface area contributed by atoms with Crippen molar-refractivity contribution < 1.29 is 27.5 Å². The highest BCUT2D eigenvalue weighted by molar-refractivity contribution is 7.89. The third-order valence-corrected chi connectivity index (χ3v) is 4.64. The van der Waals surface area contributed by atoms with E-state index in [4.69, 9.17) is 9.52 Å².